The van der Waals surface area contributed by atoms with Crippen LogP contribution in [0, 0.1) is 0 Å². The van der Waals surface area contributed by atoms with E-state index in [1.165, 1.54) is 0 Å². The third-order valence-corrected chi connectivity index (χ3v) is 3.25. The highest BCUT2D eigenvalue weighted by molar-refractivity contribution is 5.98. The lowest BCUT2D eigenvalue weighted by Crippen LogP contribution is -2.27. The molecule has 2 heterocycles. The van der Waals surface area contributed by atoms with Crippen molar-refractivity contribution in [2.24, 2.45) is 7.05 Å². The predicted molar refractivity (Wildman–Crippen MR) is 75.3 cm³/mol. The molecule has 1 aromatic carbocycles. The van der Waals surface area contributed by atoms with Gasteiger partial charge in [-0.1, -0.05) is 11.3 Å². The van der Waals surface area contributed by atoms with Gasteiger partial charge in [-0.15, -0.1) is 5.10 Å². The van der Waals surface area contributed by atoms with Crippen LogP contribution < -0.4 is 5.32 Å². The first kappa shape index (κ1) is 12.4. The van der Waals surface area contributed by atoms with Crippen molar-refractivity contribution in [2.75, 3.05) is 6.54 Å². The van der Waals surface area contributed by atoms with Crippen molar-refractivity contribution >= 4 is 16.8 Å². The van der Waals surface area contributed by atoms with Crippen molar-refractivity contribution in [3.05, 3.63) is 48.4 Å². The van der Waals surface area contributed by atoms with Gasteiger partial charge in [-0.3, -0.25) is 9.48 Å². The molecule has 6 nitrogen and oxygen atoms in total. The Morgan fingerprint density at radius 3 is 3.00 bits per heavy atom. The van der Waals surface area contributed by atoms with Crippen LogP contribution in [0.5, 0.6) is 0 Å². The van der Waals surface area contributed by atoms with Gasteiger partial charge >= 0.3 is 0 Å². The number of carbonyl (C=O) groups is 1. The van der Waals surface area contributed by atoms with E-state index in [2.05, 4.69) is 15.6 Å². The molecule has 0 saturated carbocycles. The minimum absolute atomic E-state index is 0.0757. The van der Waals surface area contributed by atoms with Crippen LogP contribution >= 0.6 is 0 Å². The molecule has 0 spiro atoms. The van der Waals surface area contributed by atoms with Gasteiger partial charge in [-0.2, -0.15) is 0 Å². The summed E-state index contributed by atoms with van der Waals surface area (Å²) in [6, 6.07) is 7.73. The highest BCUT2D eigenvalue weighted by Gasteiger charge is 2.07. The summed E-state index contributed by atoms with van der Waals surface area (Å²) < 4.78 is 3.68. The molecule has 0 radical (unpaired) electrons. The fraction of sp³-hybridized carbons (Fsp3) is 0.214. The molecule has 2 aromatic heterocycles. The van der Waals surface area contributed by atoms with Crippen LogP contribution in [-0.2, 0) is 13.6 Å². The molecule has 3 aromatic rings. The maximum Gasteiger partial charge on any atom is 0.251 e. The monoisotopic (exact) mass is 269 g/mol. The fourth-order valence-electron chi connectivity index (χ4n) is 2.14. The first-order valence-corrected chi connectivity index (χ1v) is 6.41. The van der Waals surface area contributed by atoms with Gasteiger partial charge in [-0.25, -0.2) is 0 Å². The number of amides is 1. The maximum absolute atomic E-state index is 12.1. The van der Waals surface area contributed by atoms with Gasteiger partial charge in [0.05, 0.1) is 12.7 Å². The van der Waals surface area contributed by atoms with Gasteiger partial charge in [0.1, 0.15) is 0 Å². The lowest BCUT2D eigenvalue weighted by atomic mass is 10.1. The van der Waals surface area contributed by atoms with E-state index in [0.717, 1.165) is 10.9 Å². The van der Waals surface area contributed by atoms with Crippen molar-refractivity contribution in [1.82, 2.24) is 24.9 Å². The summed E-state index contributed by atoms with van der Waals surface area (Å²) in [5.74, 6) is -0.0757. The SMILES string of the molecule is Cn1ccc2ccc(C(=O)NCCn3ccnn3)cc21. The summed E-state index contributed by atoms with van der Waals surface area (Å²) >= 11 is 0. The second kappa shape index (κ2) is 5.16. The lowest BCUT2D eigenvalue weighted by molar-refractivity contribution is 0.0952. The summed E-state index contributed by atoms with van der Waals surface area (Å²) in [6.45, 7) is 1.13. The van der Waals surface area contributed by atoms with Gasteiger partial charge in [0.15, 0.2) is 0 Å². The van der Waals surface area contributed by atoms with E-state index < -0.39 is 0 Å². The Balaban J connectivity index is 1.67. The van der Waals surface area contributed by atoms with Gasteiger partial charge < -0.3 is 9.88 Å². The van der Waals surface area contributed by atoms with Crippen molar-refractivity contribution in [2.45, 2.75) is 6.54 Å². The number of nitrogens with zero attached hydrogens (tertiary/aromatic N) is 4. The van der Waals surface area contributed by atoms with Crippen molar-refractivity contribution < 1.29 is 4.79 Å². The van der Waals surface area contributed by atoms with Gasteiger partial charge in [0.25, 0.3) is 5.91 Å². The number of hydrogen-bond donors (Lipinski definition) is 1. The lowest BCUT2D eigenvalue weighted by Gasteiger charge is -2.06. The van der Waals surface area contributed by atoms with Crippen LogP contribution in [0.3, 0.4) is 0 Å². The molecule has 0 aliphatic rings. The number of aromatic nitrogens is 4. The molecule has 20 heavy (non-hydrogen) atoms. The van der Waals surface area contributed by atoms with E-state index in [0.29, 0.717) is 18.7 Å². The van der Waals surface area contributed by atoms with E-state index in [9.17, 15) is 4.79 Å². The smallest absolute Gasteiger partial charge is 0.251 e. The van der Waals surface area contributed by atoms with E-state index in [1.54, 1.807) is 17.1 Å². The summed E-state index contributed by atoms with van der Waals surface area (Å²) in [7, 11) is 1.97. The summed E-state index contributed by atoms with van der Waals surface area (Å²) in [5, 5.41) is 11.6. The van der Waals surface area contributed by atoms with Gasteiger partial charge in [0.2, 0.25) is 0 Å². The first-order chi connectivity index (χ1) is 9.74. The normalized spacial score (nSPS) is 10.8. The van der Waals surface area contributed by atoms with E-state index >= 15 is 0 Å². The number of nitrogens with one attached hydrogen (secondary N) is 1. The van der Waals surface area contributed by atoms with Crippen molar-refractivity contribution in [3.63, 3.8) is 0 Å². The molecule has 3 rings (SSSR count). The van der Waals surface area contributed by atoms with Gasteiger partial charge in [-0.05, 0) is 23.6 Å². The van der Waals surface area contributed by atoms with E-state index in [4.69, 9.17) is 0 Å². The molecule has 102 valence electrons. The largest absolute Gasteiger partial charge is 0.351 e. The molecule has 0 unspecified atom stereocenters. The quantitative estimate of drug-likeness (QED) is 0.774. The molecule has 1 amide bonds. The Bertz CT molecular complexity index is 729. The van der Waals surface area contributed by atoms with Crippen LogP contribution in [-0.4, -0.2) is 32.0 Å². The molecule has 6 heteroatoms. The average molecular weight is 269 g/mol. The van der Waals surface area contributed by atoms with Crippen LogP contribution in [0.2, 0.25) is 0 Å². The predicted octanol–water partition coefficient (Wildman–Crippen LogP) is 1.20. The Morgan fingerprint density at radius 1 is 1.30 bits per heavy atom. The summed E-state index contributed by atoms with van der Waals surface area (Å²) in [6.07, 6.45) is 5.37. The number of benzene rings is 1. The number of hydrogen-bond acceptors (Lipinski definition) is 3. The average Bonchev–Trinajstić information content (AvgIpc) is 3.09. The standard InChI is InChI=1S/C14H15N5O/c1-18-7-4-11-2-3-12(10-13(11)18)14(20)15-5-8-19-9-6-16-17-19/h2-4,6-7,9-10H,5,8H2,1H3,(H,15,20). The third kappa shape index (κ3) is 2.40. The number of rotatable bonds is 4. The van der Waals surface area contributed by atoms with Crippen molar-refractivity contribution in [1.29, 1.82) is 0 Å². The zero-order valence-corrected chi connectivity index (χ0v) is 11.2. The Hall–Kier alpha value is -2.63. The third-order valence-electron chi connectivity index (χ3n) is 3.25. The zero-order valence-electron chi connectivity index (χ0n) is 11.2. The van der Waals surface area contributed by atoms with E-state index in [1.807, 2.05) is 42.1 Å². The molecular weight excluding hydrogens is 254 g/mol. The molecule has 0 atom stereocenters. The van der Waals surface area contributed by atoms with E-state index in [-0.39, 0.29) is 5.91 Å². The Morgan fingerprint density at radius 2 is 2.20 bits per heavy atom. The summed E-state index contributed by atoms with van der Waals surface area (Å²) in [5.41, 5.74) is 1.71. The molecule has 0 aliphatic heterocycles. The molecule has 0 saturated heterocycles. The minimum atomic E-state index is -0.0757. The molecule has 1 N–H and O–H groups in total. The highest BCUT2D eigenvalue weighted by atomic mass is 16.1. The molecule has 0 aliphatic carbocycles. The van der Waals surface area contributed by atoms with Crippen LogP contribution in [0.25, 0.3) is 10.9 Å². The zero-order chi connectivity index (χ0) is 13.9. The fourth-order valence-corrected chi connectivity index (χ4v) is 2.14. The Kier molecular flexibility index (Phi) is 3.20. The van der Waals surface area contributed by atoms with Gasteiger partial charge in [0, 0.05) is 37.1 Å². The second-order valence-electron chi connectivity index (χ2n) is 4.62. The molecular formula is C14H15N5O. The molecule has 0 fully saturated rings. The highest BCUT2D eigenvalue weighted by Crippen LogP contribution is 2.16. The second-order valence-corrected chi connectivity index (χ2v) is 4.62. The van der Waals surface area contributed by atoms with Crippen molar-refractivity contribution in [3.8, 4) is 0 Å². The number of aryl methyl sites for hydroxylation is 1. The minimum Gasteiger partial charge on any atom is -0.351 e. The van der Waals surface area contributed by atoms with Crippen LogP contribution in [0.15, 0.2) is 42.9 Å². The Labute approximate surface area is 116 Å². The first-order valence-electron chi connectivity index (χ1n) is 6.41. The van der Waals surface area contributed by atoms with Crippen LogP contribution in [0.4, 0.5) is 0 Å². The maximum atomic E-state index is 12.1. The van der Waals surface area contributed by atoms with Crippen LogP contribution in [0.1, 0.15) is 10.4 Å². The summed E-state index contributed by atoms with van der Waals surface area (Å²) in [4.78, 5) is 12.1. The number of fused-ring (bicyclic) bond motifs is 1. The topological polar surface area (TPSA) is 64.7 Å². The number of carbonyl (C=O) groups excluding carboxylic acids is 1. The molecule has 0 bridgehead atoms.